The Morgan fingerprint density at radius 3 is 1.20 bits per heavy atom. The third-order valence-corrected chi connectivity index (χ3v) is 5.86. The van der Waals surface area contributed by atoms with Gasteiger partial charge in [-0.1, -0.05) is 0 Å². The predicted octanol–water partition coefficient (Wildman–Crippen LogP) is 2.62. The van der Waals surface area contributed by atoms with Crippen LogP contribution in [0.3, 0.4) is 0 Å². The summed E-state index contributed by atoms with van der Waals surface area (Å²) in [7, 11) is -11.3. The van der Waals surface area contributed by atoms with Crippen molar-refractivity contribution in [1.29, 1.82) is 0 Å². The molecule has 0 N–H and O–H groups in total. The monoisotopic (exact) mass is 406 g/mol. The molecule has 0 unspecified atom stereocenters. The molecule has 13 heteroatoms. The van der Waals surface area contributed by atoms with Gasteiger partial charge in [-0.25, -0.2) is 26.3 Å². The summed E-state index contributed by atoms with van der Waals surface area (Å²) in [6, 6.07) is 0.638. The van der Waals surface area contributed by atoms with Gasteiger partial charge in [0.25, 0.3) is 0 Å². The van der Waals surface area contributed by atoms with Crippen LogP contribution in [0.2, 0.25) is 0 Å². The third-order valence-electron chi connectivity index (χ3n) is 2.72. The fourth-order valence-corrected chi connectivity index (χ4v) is 4.21. The van der Waals surface area contributed by atoms with Crippen molar-refractivity contribution in [3.8, 4) is 0 Å². The van der Waals surface area contributed by atoms with E-state index in [9.17, 15) is 43.2 Å². The maximum absolute atomic E-state index is 13.5. The molecule has 0 saturated carbocycles. The smallest absolute Gasteiger partial charge is 0.204 e. The lowest BCUT2D eigenvalue weighted by Gasteiger charge is -2.09. The van der Waals surface area contributed by atoms with Gasteiger partial charge in [0, 0.05) is 0 Å². The Balaban J connectivity index is 2.55. The van der Waals surface area contributed by atoms with Crippen molar-refractivity contribution in [1.82, 2.24) is 0 Å². The molecule has 0 spiro atoms. The van der Waals surface area contributed by atoms with Crippen molar-refractivity contribution >= 4 is 20.2 Å². The molecule has 0 fully saturated rings. The van der Waals surface area contributed by atoms with E-state index in [0.29, 0.717) is 0 Å². The van der Waals surface area contributed by atoms with Crippen LogP contribution in [0.5, 0.6) is 0 Å². The fraction of sp³-hybridized carbons (Fsp3) is 0. The average molecular weight is 406 g/mol. The van der Waals surface area contributed by atoms with Gasteiger partial charge < -0.3 is 0 Å². The van der Waals surface area contributed by atoms with Crippen molar-refractivity contribution in [2.45, 2.75) is 9.79 Å². The van der Waals surface area contributed by atoms with E-state index in [1.807, 2.05) is 0 Å². The lowest BCUT2D eigenvalue weighted by molar-refractivity contribution is 0.414. The Morgan fingerprint density at radius 2 is 0.880 bits per heavy atom. The summed E-state index contributed by atoms with van der Waals surface area (Å²) in [5.41, 5.74) is 0. The molecule has 0 radical (unpaired) electrons. The molecule has 0 saturated heterocycles. The highest BCUT2D eigenvalue weighted by molar-refractivity contribution is 7.99. The van der Waals surface area contributed by atoms with Crippen LogP contribution in [0, 0.1) is 34.9 Å². The highest BCUT2D eigenvalue weighted by Crippen LogP contribution is 2.27. The highest BCUT2D eigenvalue weighted by Gasteiger charge is 2.34. The molecule has 2 aromatic carbocycles. The molecule has 136 valence electrons. The topological polar surface area (TPSA) is 77.5 Å². The molecule has 5 nitrogen and oxygen atoms in total. The first kappa shape index (κ1) is 19.2. The molecule has 25 heavy (non-hydrogen) atoms. The van der Waals surface area contributed by atoms with Gasteiger partial charge >= 0.3 is 20.2 Å². The van der Waals surface area contributed by atoms with Crippen LogP contribution in [0.4, 0.5) is 26.3 Å². The van der Waals surface area contributed by atoms with E-state index >= 15 is 0 Å². The van der Waals surface area contributed by atoms with Crippen LogP contribution < -0.4 is 0 Å². The van der Waals surface area contributed by atoms with Crippen molar-refractivity contribution in [2.24, 2.45) is 0 Å². The number of hydrogen-bond acceptors (Lipinski definition) is 5. The minimum absolute atomic E-state index is 0.153. The van der Waals surface area contributed by atoms with E-state index in [4.69, 9.17) is 0 Å². The zero-order valence-electron chi connectivity index (χ0n) is 11.4. The standard InChI is InChI=1S/C12H4F6O5S2/c13-5-1-3-7(11(17)9(5)15)24(19,20)23-25(21,22)8-4-2-6(14)10(16)12(8)18/h1-4H. The first-order valence-corrected chi connectivity index (χ1v) is 8.68. The summed E-state index contributed by atoms with van der Waals surface area (Å²) < 4.78 is 129. The molecule has 2 aromatic rings. The van der Waals surface area contributed by atoms with Gasteiger partial charge in [0.05, 0.1) is 0 Å². The quantitative estimate of drug-likeness (QED) is 0.576. The molecular formula is C12H4F6O5S2. The SMILES string of the molecule is O=S(=O)(OS(=O)(=O)c1ccc(F)c(F)c1F)c1ccc(F)c(F)c1F. The fourth-order valence-electron chi connectivity index (χ4n) is 1.59. The Hall–Kier alpha value is -2.12. The van der Waals surface area contributed by atoms with Crippen LogP contribution in [0.15, 0.2) is 34.1 Å². The van der Waals surface area contributed by atoms with Crippen LogP contribution in [0.25, 0.3) is 0 Å². The van der Waals surface area contributed by atoms with Gasteiger partial charge in [0.1, 0.15) is 9.79 Å². The minimum Gasteiger partial charge on any atom is -0.204 e. The van der Waals surface area contributed by atoms with Crippen LogP contribution in [-0.2, 0) is 23.9 Å². The van der Waals surface area contributed by atoms with Crippen molar-refractivity contribution < 1.29 is 46.8 Å². The molecule has 0 amide bonds. The van der Waals surface area contributed by atoms with Gasteiger partial charge in [-0.05, 0) is 24.3 Å². The molecule has 0 heterocycles. The molecule has 0 aliphatic carbocycles. The van der Waals surface area contributed by atoms with E-state index in [0.717, 1.165) is 0 Å². The first-order chi connectivity index (χ1) is 11.4. The predicted molar refractivity (Wildman–Crippen MR) is 68.1 cm³/mol. The lowest BCUT2D eigenvalue weighted by Crippen LogP contribution is -2.18. The van der Waals surface area contributed by atoms with Gasteiger partial charge in [-0.15, -0.1) is 3.63 Å². The summed E-state index contributed by atoms with van der Waals surface area (Å²) >= 11 is 0. The molecule has 0 aliphatic heterocycles. The zero-order chi connectivity index (χ0) is 19.2. The molecule has 0 aromatic heterocycles. The molecule has 0 atom stereocenters. The van der Waals surface area contributed by atoms with Gasteiger partial charge in [0.2, 0.25) is 0 Å². The van der Waals surface area contributed by atoms with E-state index in [2.05, 4.69) is 3.63 Å². The average Bonchev–Trinajstić information content (AvgIpc) is 2.48. The second-order valence-electron chi connectivity index (χ2n) is 4.32. The number of benzene rings is 2. The van der Waals surface area contributed by atoms with E-state index in [-0.39, 0.29) is 24.3 Å². The van der Waals surface area contributed by atoms with E-state index in [1.165, 1.54) is 0 Å². The van der Waals surface area contributed by atoms with Crippen LogP contribution >= 0.6 is 0 Å². The number of hydrogen-bond donors (Lipinski definition) is 0. The molecule has 0 bridgehead atoms. The van der Waals surface area contributed by atoms with Gasteiger partial charge in [0.15, 0.2) is 34.9 Å². The summed E-state index contributed by atoms with van der Waals surface area (Å²) in [5, 5.41) is 0. The second kappa shape index (κ2) is 6.31. The largest absolute Gasteiger partial charge is 0.314 e. The van der Waals surface area contributed by atoms with E-state index in [1.54, 1.807) is 0 Å². The number of halogens is 6. The summed E-state index contributed by atoms with van der Waals surface area (Å²) in [6.45, 7) is 0. The second-order valence-corrected chi connectivity index (χ2v) is 7.56. The minimum atomic E-state index is -5.63. The Bertz CT molecular complexity index is 980. The van der Waals surface area contributed by atoms with Crippen molar-refractivity contribution in [2.75, 3.05) is 0 Å². The molecule has 2 rings (SSSR count). The lowest BCUT2D eigenvalue weighted by atomic mass is 10.3. The normalized spacial score (nSPS) is 12.4. The number of rotatable bonds is 4. The van der Waals surface area contributed by atoms with Gasteiger partial charge in [-0.2, -0.15) is 16.8 Å². The summed E-state index contributed by atoms with van der Waals surface area (Å²) in [6.07, 6.45) is 0. The molecular weight excluding hydrogens is 402 g/mol. The van der Waals surface area contributed by atoms with Crippen molar-refractivity contribution in [3.05, 3.63) is 59.2 Å². The van der Waals surface area contributed by atoms with E-state index < -0.39 is 64.9 Å². The summed E-state index contributed by atoms with van der Waals surface area (Å²) in [5.74, 6) is -12.6. The Morgan fingerprint density at radius 1 is 0.560 bits per heavy atom. The maximum atomic E-state index is 13.5. The third kappa shape index (κ3) is 3.48. The summed E-state index contributed by atoms with van der Waals surface area (Å²) in [4.78, 5) is -3.42. The van der Waals surface area contributed by atoms with Crippen molar-refractivity contribution in [3.63, 3.8) is 0 Å². The van der Waals surface area contributed by atoms with Gasteiger partial charge in [-0.3, -0.25) is 0 Å². The first-order valence-electron chi connectivity index (χ1n) is 5.86. The Kier molecular flexibility index (Phi) is 4.85. The van der Waals surface area contributed by atoms with Crippen LogP contribution in [0.1, 0.15) is 0 Å². The van der Waals surface area contributed by atoms with Crippen LogP contribution in [-0.4, -0.2) is 16.8 Å². The molecule has 0 aliphatic rings. The maximum Gasteiger partial charge on any atom is 0.314 e. The zero-order valence-corrected chi connectivity index (χ0v) is 13.1. The Labute approximate surface area is 136 Å². The highest BCUT2D eigenvalue weighted by atomic mass is 32.3.